The van der Waals surface area contributed by atoms with E-state index >= 15 is 0 Å². The summed E-state index contributed by atoms with van der Waals surface area (Å²) in [5.74, 6) is -0.323. The molecule has 0 atom stereocenters. The number of carbonyl (C=O) groups is 2. The van der Waals surface area contributed by atoms with Gasteiger partial charge in [-0.15, -0.1) is 0 Å². The molecule has 1 aliphatic rings. The molecule has 2 aromatic rings. The van der Waals surface area contributed by atoms with E-state index in [1.165, 1.54) is 0 Å². The molecule has 0 unspecified atom stereocenters. The lowest BCUT2D eigenvalue weighted by Crippen LogP contribution is -2.51. The van der Waals surface area contributed by atoms with Crippen molar-refractivity contribution >= 4 is 51.2 Å². The Hall–Kier alpha value is -2.51. The lowest BCUT2D eigenvalue weighted by Gasteiger charge is -2.17. The van der Waals surface area contributed by atoms with Crippen LogP contribution in [0.15, 0.2) is 52.5 Å². The molecule has 0 spiro atoms. The molecule has 0 bridgehead atoms. The monoisotopic (exact) mass is 430 g/mol. The van der Waals surface area contributed by atoms with Crippen LogP contribution in [0.1, 0.15) is 16.7 Å². The molecule has 132 valence electrons. The van der Waals surface area contributed by atoms with Gasteiger partial charge in [0.15, 0.2) is 5.11 Å². The Bertz CT molecular complexity index is 918. The van der Waals surface area contributed by atoms with Gasteiger partial charge in [-0.3, -0.25) is 20.2 Å². The quantitative estimate of drug-likeness (QED) is 0.444. The SMILES string of the molecule is COc1ccc(C=C2C(=O)NC(=S)NC2=O)c(Cc2ccccc2Br)c1. The van der Waals surface area contributed by atoms with Crippen LogP contribution in [0.2, 0.25) is 0 Å². The number of thiocarbonyl (C=S) groups is 1. The van der Waals surface area contributed by atoms with Gasteiger partial charge in [0.2, 0.25) is 0 Å². The second kappa shape index (κ2) is 7.80. The molecule has 0 aromatic heterocycles. The summed E-state index contributed by atoms with van der Waals surface area (Å²) in [5.41, 5.74) is 2.78. The van der Waals surface area contributed by atoms with Crippen molar-refractivity contribution in [3.63, 3.8) is 0 Å². The van der Waals surface area contributed by atoms with Gasteiger partial charge in [0.1, 0.15) is 11.3 Å². The average molecular weight is 431 g/mol. The molecule has 1 saturated heterocycles. The summed E-state index contributed by atoms with van der Waals surface area (Å²) in [5, 5.41) is 4.90. The van der Waals surface area contributed by atoms with Crippen LogP contribution in [0.4, 0.5) is 0 Å². The standard InChI is InChI=1S/C19H15BrN2O3S/c1-25-14-7-6-11(10-15-17(23)21-19(26)22-18(15)24)13(9-14)8-12-4-2-3-5-16(12)20/h2-7,9-10H,8H2,1H3,(H2,21,22,23,24,26). The lowest BCUT2D eigenvalue weighted by molar-refractivity contribution is -0.123. The van der Waals surface area contributed by atoms with E-state index in [2.05, 4.69) is 26.6 Å². The molecule has 0 saturated carbocycles. The third-order valence-electron chi connectivity index (χ3n) is 3.93. The number of rotatable bonds is 4. The molecule has 5 nitrogen and oxygen atoms in total. The fourth-order valence-electron chi connectivity index (χ4n) is 2.61. The lowest BCUT2D eigenvalue weighted by atomic mass is 9.97. The van der Waals surface area contributed by atoms with E-state index in [0.717, 1.165) is 21.2 Å². The summed E-state index contributed by atoms with van der Waals surface area (Å²) in [7, 11) is 1.60. The highest BCUT2D eigenvalue weighted by Crippen LogP contribution is 2.26. The summed E-state index contributed by atoms with van der Waals surface area (Å²) < 4.78 is 6.30. The zero-order valence-corrected chi connectivity index (χ0v) is 16.2. The van der Waals surface area contributed by atoms with Crippen molar-refractivity contribution in [1.29, 1.82) is 0 Å². The molecule has 26 heavy (non-hydrogen) atoms. The zero-order chi connectivity index (χ0) is 18.7. The minimum absolute atomic E-state index is 0.0112. The molecular weight excluding hydrogens is 416 g/mol. The summed E-state index contributed by atoms with van der Waals surface area (Å²) in [6, 6.07) is 13.4. The van der Waals surface area contributed by atoms with Crippen molar-refractivity contribution in [3.05, 3.63) is 69.2 Å². The molecule has 0 radical (unpaired) electrons. The number of halogens is 1. The molecule has 2 N–H and O–H groups in total. The second-order valence-corrected chi connectivity index (χ2v) is 6.89. The normalized spacial score (nSPS) is 13.9. The highest BCUT2D eigenvalue weighted by molar-refractivity contribution is 9.10. The Kier molecular flexibility index (Phi) is 5.49. The third kappa shape index (κ3) is 4.00. The third-order valence-corrected chi connectivity index (χ3v) is 4.91. The maximum atomic E-state index is 12.1. The van der Waals surface area contributed by atoms with E-state index in [-0.39, 0.29) is 10.7 Å². The molecule has 1 fully saturated rings. The minimum atomic E-state index is -0.513. The highest BCUT2D eigenvalue weighted by Gasteiger charge is 2.26. The first-order valence-electron chi connectivity index (χ1n) is 7.76. The highest BCUT2D eigenvalue weighted by atomic mass is 79.9. The molecule has 1 heterocycles. The molecule has 2 aromatic carbocycles. The van der Waals surface area contributed by atoms with Gasteiger partial charge in [0.25, 0.3) is 11.8 Å². The first-order valence-corrected chi connectivity index (χ1v) is 8.96. The number of benzene rings is 2. The van der Waals surface area contributed by atoms with Crippen molar-refractivity contribution in [1.82, 2.24) is 10.6 Å². The second-order valence-electron chi connectivity index (χ2n) is 5.63. The van der Waals surface area contributed by atoms with Crippen LogP contribution >= 0.6 is 28.1 Å². The van der Waals surface area contributed by atoms with E-state index in [1.54, 1.807) is 19.3 Å². The number of methoxy groups -OCH3 is 1. The predicted octanol–water partition coefficient (Wildman–Crippen LogP) is 2.96. The number of hydrogen-bond acceptors (Lipinski definition) is 4. The summed E-state index contributed by atoms with van der Waals surface area (Å²) in [6.07, 6.45) is 2.18. The predicted molar refractivity (Wildman–Crippen MR) is 107 cm³/mol. The van der Waals surface area contributed by atoms with Gasteiger partial charge in [-0.25, -0.2) is 0 Å². The molecule has 7 heteroatoms. The largest absolute Gasteiger partial charge is 0.497 e. The van der Waals surface area contributed by atoms with Crippen molar-refractivity contribution in [2.24, 2.45) is 0 Å². The van der Waals surface area contributed by atoms with E-state index < -0.39 is 11.8 Å². The summed E-state index contributed by atoms with van der Waals surface area (Å²) in [4.78, 5) is 24.2. The van der Waals surface area contributed by atoms with E-state index in [1.807, 2.05) is 36.4 Å². The molecule has 0 aliphatic carbocycles. The minimum Gasteiger partial charge on any atom is -0.497 e. The van der Waals surface area contributed by atoms with Crippen LogP contribution in [0, 0.1) is 0 Å². The summed E-state index contributed by atoms with van der Waals surface area (Å²) >= 11 is 8.37. The van der Waals surface area contributed by atoms with Crippen molar-refractivity contribution in [2.45, 2.75) is 6.42 Å². The zero-order valence-electron chi connectivity index (χ0n) is 13.8. The number of amides is 2. The van der Waals surface area contributed by atoms with Crippen LogP contribution in [0.5, 0.6) is 5.75 Å². The summed E-state index contributed by atoms with van der Waals surface area (Å²) in [6.45, 7) is 0. The van der Waals surface area contributed by atoms with Crippen LogP contribution < -0.4 is 15.4 Å². The van der Waals surface area contributed by atoms with Gasteiger partial charge < -0.3 is 4.74 Å². The molecule has 1 aliphatic heterocycles. The van der Waals surface area contributed by atoms with Gasteiger partial charge in [-0.05, 0) is 59.6 Å². The van der Waals surface area contributed by atoms with Gasteiger partial charge in [0, 0.05) is 4.47 Å². The maximum Gasteiger partial charge on any atom is 0.263 e. The molecular formula is C19H15BrN2O3S. The molecule has 3 rings (SSSR count). The Labute approximate surface area is 164 Å². The van der Waals surface area contributed by atoms with Gasteiger partial charge in [-0.2, -0.15) is 0 Å². The Morgan fingerprint density at radius 2 is 1.77 bits per heavy atom. The van der Waals surface area contributed by atoms with Crippen LogP contribution in [-0.4, -0.2) is 24.0 Å². The topological polar surface area (TPSA) is 67.4 Å². The van der Waals surface area contributed by atoms with Gasteiger partial charge in [0.05, 0.1) is 7.11 Å². The first kappa shape index (κ1) is 18.3. The van der Waals surface area contributed by atoms with Crippen molar-refractivity contribution in [2.75, 3.05) is 7.11 Å². The number of ether oxygens (including phenoxy) is 1. The van der Waals surface area contributed by atoms with E-state index in [0.29, 0.717) is 12.2 Å². The Morgan fingerprint density at radius 1 is 1.08 bits per heavy atom. The Balaban J connectivity index is 2.03. The van der Waals surface area contributed by atoms with Gasteiger partial charge in [-0.1, -0.05) is 40.2 Å². The van der Waals surface area contributed by atoms with E-state index in [4.69, 9.17) is 17.0 Å². The van der Waals surface area contributed by atoms with Crippen LogP contribution in [0.3, 0.4) is 0 Å². The average Bonchev–Trinajstić information content (AvgIpc) is 2.61. The number of hydrogen-bond donors (Lipinski definition) is 2. The van der Waals surface area contributed by atoms with Crippen LogP contribution in [-0.2, 0) is 16.0 Å². The van der Waals surface area contributed by atoms with Gasteiger partial charge >= 0.3 is 0 Å². The smallest absolute Gasteiger partial charge is 0.263 e. The fraction of sp³-hybridized carbons (Fsp3) is 0.105. The maximum absolute atomic E-state index is 12.1. The first-order chi connectivity index (χ1) is 12.5. The molecule has 2 amide bonds. The van der Waals surface area contributed by atoms with Crippen molar-refractivity contribution in [3.8, 4) is 5.75 Å². The van der Waals surface area contributed by atoms with Crippen LogP contribution in [0.25, 0.3) is 6.08 Å². The number of carbonyl (C=O) groups excluding carboxylic acids is 2. The van der Waals surface area contributed by atoms with Crippen molar-refractivity contribution < 1.29 is 14.3 Å². The number of nitrogens with one attached hydrogen (secondary N) is 2. The van der Waals surface area contributed by atoms with E-state index in [9.17, 15) is 9.59 Å². The fourth-order valence-corrected chi connectivity index (χ4v) is 3.22. The Morgan fingerprint density at radius 3 is 2.42 bits per heavy atom.